The van der Waals surface area contributed by atoms with Gasteiger partial charge in [0.15, 0.2) is 5.11 Å². The van der Waals surface area contributed by atoms with Crippen LogP contribution in [0, 0.1) is 6.92 Å². The van der Waals surface area contributed by atoms with Crippen molar-refractivity contribution < 1.29 is 19.1 Å². The van der Waals surface area contributed by atoms with Gasteiger partial charge >= 0.3 is 5.97 Å². The number of halogens is 1. The Kier molecular flexibility index (Phi) is 8.58. The van der Waals surface area contributed by atoms with Crippen LogP contribution in [0.25, 0.3) is 0 Å². The van der Waals surface area contributed by atoms with Crippen LogP contribution in [-0.2, 0) is 20.7 Å². The average Bonchev–Trinajstić information content (AvgIpc) is 3.39. The van der Waals surface area contributed by atoms with Gasteiger partial charge in [0, 0.05) is 22.1 Å². The van der Waals surface area contributed by atoms with Crippen LogP contribution in [-0.4, -0.2) is 47.0 Å². The fourth-order valence-electron chi connectivity index (χ4n) is 4.09. The molecule has 3 aromatic rings. The van der Waals surface area contributed by atoms with Crippen LogP contribution in [0.15, 0.2) is 60.0 Å². The van der Waals surface area contributed by atoms with Gasteiger partial charge < -0.3 is 15.0 Å². The zero-order chi connectivity index (χ0) is 26.5. The Morgan fingerprint density at radius 2 is 1.81 bits per heavy atom. The average molecular weight is 556 g/mol. The van der Waals surface area contributed by atoms with Crippen molar-refractivity contribution in [2.24, 2.45) is 0 Å². The Morgan fingerprint density at radius 1 is 1.11 bits per heavy atom. The van der Waals surface area contributed by atoms with Crippen LogP contribution in [0.3, 0.4) is 0 Å². The van der Waals surface area contributed by atoms with Crippen molar-refractivity contribution in [1.29, 1.82) is 0 Å². The minimum Gasteiger partial charge on any atom is -0.462 e. The number of rotatable bonds is 9. The zero-order valence-electron chi connectivity index (χ0n) is 20.4. The molecule has 192 valence electrons. The van der Waals surface area contributed by atoms with E-state index in [1.54, 1.807) is 66.8 Å². The van der Waals surface area contributed by atoms with Gasteiger partial charge in [-0.25, -0.2) is 4.79 Å². The number of amides is 2. The summed E-state index contributed by atoms with van der Waals surface area (Å²) in [5.41, 5.74) is 2.69. The number of nitrogens with zero attached hydrogens (tertiary/aromatic N) is 2. The number of anilines is 2. The van der Waals surface area contributed by atoms with Crippen LogP contribution < -0.4 is 10.2 Å². The van der Waals surface area contributed by atoms with E-state index in [4.69, 9.17) is 28.6 Å². The summed E-state index contributed by atoms with van der Waals surface area (Å²) in [7, 11) is 0. The van der Waals surface area contributed by atoms with Crippen LogP contribution in [0.1, 0.15) is 34.1 Å². The standard InChI is InChI=1S/C27H26ClN3O4S2/c1-3-35-26(34)18-4-10-21(11-5-18)31-25(33)22(16-24(32)29-20-8-6-19(28)7-9-20)30(27(31)36)14-12-23-17(2)13-15-37-23/h4-11,13,15,22H,3,12,14,16H2,1-2H3,(H,29,32)/t22-/m0/s1. The van der Waals surface area contributed by atoms with E-state index in [2.05, 4.69) is 11.4 Å². The first-order valence-electron chi connectivity index (χ1n) is 11.8. The highest BCUT2D eigenvalue weighted by Gasteiger charge is 2.44. The van der Waals surface area contributed by atoms with Crippen molar-refractivity contribution in [2.45, 2.75) is 32.7 Å². The molecule has 1 N–H and O–H groups in total. The van der Waals surface area contributed by atoms with Gasteiger partial charge in [0.1, 0.15) is 6.04 Å². The molecule has 10 heteroatoms. The molecule has 1 aliphatic heterocycles. The maximum atomic E-state index is 13.6. The molecule has 0 saturated carbocycles. The molecule has 0 unspecified atom stereocenters. The number of benzene rings is 2. The molecule has 0 spiro atoms. The number of esters is 1. The molecule has 1 fully saturated rings. The SMILES string of the molecule is CCOC(=O)c1ccc(N2C(=O)[C@H](CC(=O)Nc3ccc(Cl)cc3)N(CCc3sccc3C)C2=S)cc1. The Balaban J connectivity index is 1.56. The van der Waals surface area contributed by atoms with Crippen molar-refractivity contribution in [3.8, 4) is 0 Å². The molecule has 7 nitrogen and oxygen atoms in total. The molecule has 2 aromatic carbocycles. The normalized spacial score (nSPS) is 15.3. The predicted molar refractivity (Wildman–Crippen MR) is 150 cm³/mol. The Hall–Kier alpha value is -3.27. The molecular formula is C27H26ClN3O4S2. The number of ether oxygens (including phenoxy) is 1. The van der Waals surface area contributed by atoms with E-state index in [0.29, 0.717) is 40.0 Å². The molecule has 0 radical (unpaired) electrons. The second-order valence-corrected chi connectivity index (χ2v) is 10.3. The molecule has 1 saturated heterocycles. The first-order valence-corrected chi connectivity index (χ1v) is 13.4. The number of carbonyl (C=O) groups is 3. The highest BCUT2D eigenvalue weighted by molar-refractivity contribution is 7.80. The summed E-state index contributed by atoms with van der Waals surface area (Å²) in [5.74, 6) is -1.03. The van der Waals surface area contributed by atoms with Gasteiger partial charge in [0.2, 0.25) is 5.91 Å². The smallest absolute Gasteiger partial charge is 0.338 e. The lowest BCUT2D eigenvalue weighted by Crippen LogP contribution is -2.39. The fourth-order valence-corrected chi connectivity index (χ4v) is 5.53. The summed E-state index contributed by atoms with van der Waals surface area (Å²) in [6, 6.07) is 14.6. The second-order valence-electron chi connectivity index (χ2n) is 8.47. The third-order valence-corrected chi connectivity index (χ3v) is 7.76. The van der Waals surface area contributed by atoms with E-state index in [1.807, 2.05) is 17.2 Å². The summed E-state index contributed by atoms with van der Waals surface area (Å²) in [6.07, 6.45) is 0.629. The molecule has 1 aromatic heterocycles. The summed E-state index contributed by atoms with van der Waals surface area (Å²) >= 11 is 13.3. The van der Waals surface area contributed by atoms with Gasteiger partial charge in [-0.2, -0.15) is 0 Å². The van der Waals surface area contributed by atoms with E-state index in [1.165, 1.54) is 15.3 Å². The molecule has 0 bridgehead atoms. The maximum Gasteiger partial charge on any atom is 0.338 e. The van der Waals surface area contributed by atoms with E-state index in [0.717, 1.165) is 0 Å². The lowest BCUT2D eigenvalue weighted by Gasteiger charge is -2.24. The maximum absolute atomic E-state index is 13.6. The Bertz CT molecular complexity index is 1310. The molecule has 37 heavy (non-hydrogen) atoms. The lowest BCUT2D eigenvalue weighted by molar-refractivity contribution is -0.124. The van der Waals surface area contributed by atoms with Crippen molar-refractivity contribution in [3.05, 3.63) is 81.0 Å². The van der Waals surface area contributed by atoms with E-state index in [-0.39, 0.29) is 24.8 Å². The minimum absolute atomic E-state index is 0.0670. The van der Waals surface area contributed by atoms with Gasteiger partial charge in [0.05, 0.1) is 24.3 Å². The highest BCUT2D eigenvalue weighted by Crippen LogP contribution is 2.29. The highest BCUT2D eigenvalue weighted by atomic mass is 35.5. The number of aryl methyl sites for hydroxylation is 1. The third-order valence-electron chi connectivity index (χ3n) is 6.01. The molecular weight excluding hydrogens is 530 g/mol. The number of hydrogen-bond acceptors (Lipinski definition) is 6. The third kappa shape index (κ3) is 6.18. The molecule has 2 amide bonds. The van der Waals surface area contributed by atoms with Gasteiger partial charge in [-0.3, -0.25) is 14.5 Å². The minimum atomic E-state index is -0.759. The van der Waals surface area contributed by atoms with Gasteiger partial charge in [-0.05, 0) is 98.0 Å². The van der Waals surface area contributed by atoms with Crippen LogP contribution >= 0.6 is 35.2 Å². The number of hydrogen-bond donors (Lipinski definition) is 1. The van der Waals surface area contributed by atoms with Crippen molar-refractivity contribution in [2.75, 3.05) is 23.4 Å². The molecule has 4 rings (SSSR count). The van der Waals surface area contributed by atoms with Gasteiger partial charge in [-0.15, -0.1) is 11.3 Å². The quantitative estimate of drug-likeness (QED) is 0.279. The first kappa shape index (κ1) is 26.8. The molecule has 1 aliphatic rings. The molecule has 1 atom stereocenters. The summed E-state index contributed by atoms with van der Waals surface area (Å²) in [5, 5.41) is 5.75. The summed E-state index contributed by atoms with van der Waals surface area (Å²) in [6.45, 7) is 4.55. The monoisotopic (exact) mass is 555 g/mol. The Labute approximate surface area is 230 Å². The van der Waals surface area contributed by atoms with Crippen molar-refractivity contribution in [1.82, 2.24) is 4.90 Å². The van der Waals surface area contributed by atoms with E-state index in [9.17, 15) is 14.4 Å². The number of thiophene rings is 1. The predicted octanol–water partition coefficient (Wildman–Crippen LogP) is 5.46. The topological polar surface area (TPSA) is 78.9 Å². The fraction of sp³-hybridized carbons (Fsp3) is 0.259. The number of carbonyl (C=O) groups excluding carboxylic acids is 3. The van der Waals surface area contributed by atoms with Crippen LogP contribution in [0.5, 0.6) is 0 Å². The number of thiocarbonyl (C=S) groups is 1. The molecule has 2 heterocycles. The second kappa shape index (κ2) is 11.9. The van der Waals surface area contributed by atoms with Crippen molar-refractivity contribution in [3.63, 3.8) is 0 Å². The van der Waals surface area contributed by atoms with E-state index < -0.39 is 12.0 Å². The largest absolute Gasteiger partial charge is 0.462 e. The number of nitrogens with one attached hydrogen (secondary N) is 1. The first-order chi connectivity index (χ1) is 17.8. The van der Waals surface area contributed by atoms with Crippen LogP contribution in [0.4, 0.5) is 11.4 Å². The lowest BCUT2D eigenvalue weighted by atomic mass is 10.1. The Morgan fingerprint density at radius 3 is 2.43 bits per heavy atom. The molecule has 0 aliphatic carbocycles. The summed E-state index contributed by atoms with van der Waals surface area (Å²) in [4.78, 5) is 43.0. The van der Waals surface area contributed by atoms with Crippen molar-refractivity contribution >= 4 is 69.4 Å². The van der Waals surface area contributed by atoms with Gasteiger partial charge in [0.25, 0.3) is 5.91 Å². The summed E-state index contributed by atoms with van der Waals surface area (Å²) < 4.78 is 5.04. The van der Waals surface area contributed by atoms with Gasteiger partial charge in [-0.1, -0.05) is 11.6 Å². The van der Waals surface area contributed by atoms with E-state index >= 15 is 0 Å². The zero-order valence-corrected chi connectivity index (χ0v) is 22.8. The van der Waals surface area contributed by atoms with Crippen LogP contribution in [0.2, 0.25) is 5.02 Å².